The van der Waals surface area contributed by atoms with Crippen molar-refractivity contribution in [1.82, 2.24) is 0 Å². The van der Waals surface area contributed by atoms with E-state index in [1.54, 1.807) is 0 Å². The molecule has 0 saturated carbocycles. The fourth-order valence-corrected chi connectivity index (χ4v) is 2.58. The largest absolute Gasteiger partial charge is 0.115 e. The molecule has 0 nitrogen and oxygen atoms in total. The number of rotatable bonds is 5. The van der Waals surface area contributed by atoms with Crippen molar-refractivity contribution in [3.63, 3.8) is 0 Å². The van der Waals surface area contributed by atoms with E-state index in [1.807, 2.05) is 11.8 Å². The molecular formula is C13H18S. The minimum Gasteiger partial charge on any atom is -0.115 e. The molecule has 0 aliphatic heterocycles. The van der Waals surface area contributed by atoms with Crippen LogP contribution in [0.3, 0.4) is 0 Å². The predicted octanol–water partition coefficient (Wildman–Crippen LogP) is 4.52. The molecule has 0 N–H and O–H groups in total. The second kappa shape index (κ2) is 5.26. The molecule has 0 aliphatic carbocycles. The summed E-state index contributed by atoms with van der Waals surface area (Å²) in [5, 5.41) is 0. The normalized spacial score (nSPS) is 11.3. The molecule has 0 amide bonds. The Morgan fingerprint density at radius 2 is 1.79 bits per heavy atom. The molecule has 0 aliphatic rings. The van der Waals surface area contributed by atoms with Crippen LogP contribution in [0.2, 0.25) is 0 Å². The Morgan fingerprint density at radius 1 is 1.21 bits per heavy atom. The van der Waals surface area contributed by atoms with Crippen molar-refractivity contribution < 1.29 is 0 Å². The molecule has 1 aromatic carbocycles. The van der Waals surface area contributed by atoms with Gasteiger partial charge in [0.05, 0.1) is 0 Å². The third-order valence-electron chi connectivity index (χ3n) is 2.63. The van der Waals surface area contributed by atoms with Gasteiger partial charge in [-0.3, -0.25) is 0 Å². The topological polar surface area (TPSA) is 0 Å². The van der Waals surface area contributed by atoms with Crippen molar-refractivity contribution in [3.8, 4) is 0 Å². The third kappa shape index (κ3) is 2.65. The highest BCUT2D eigenvalue weighted by atomic mass is 32.2. The minimum absolute atomic E-state index is 0.210. The number of hydrogen-bond acceptors (Lipinski definition) is 1. The summed E-state index contributed by atoms with van der Waals surface area (Å²) in [5.74, 6) is 0. The van der Waals surface area contributed by atoms with Gasteiger partial charge < -0.3 is 0 Å². The van der Waals surface area contributed by atoms with E-state index in [0.29, 0.717) is 0 Å². The molecule has 0 bridgehead atoms. The minimum atomic E-state index is 0.210. The number of hydrogen-bond donors (Lipinski definition) is 0. The lowest BCUT2D eigenvalue weighted by Gasteiger charge is -2.26. The Labute approximate surface area is 91.4 Å². The second-order valence-electron chi connectivity index (χ2n) is 3.39. The van der Waals surface area contributed by atoms with Crippen LogP contribution in [0.15, 0.2) is 47.9 Å². The van der Waals surface area contributed by atoms with Crippen LogP contribution in [-0.4, -0.2) is 4.75 Å². The molecule has 0 spiro atoms. The van der Waals surface area contributed by atoms with Gasteiger partial charge in [0.25, 0.3) is 0 Å². The molecule has 1 heteroatoms. The lowest BCUT2D eigenvalue weighted by molar-refractivity contribution is 0.661. The standard InChI is InChI=1S/C13H18S/c1-4-13(5-2,6-3)14-12-10-8-7-9-11-12/h4,7-11H,1,5-6H2,2-3H3. The lowest BCUT2D eigenvalue weighted by atomic mass is 10.0. The third-order valence-corrected chi connectivity index (χ3v) is 4.29. The maximum atomic E-state index is 3.95. The molecule has 0 atom stereocenters. The first-order valence-corrected chi connectivity index (χ1v) is 5.95. The molecule has 0 heterocycles. The fraction of sp³-hybridized carbons (Fsp3) is 0.385. The summed E-state index contributed by atoms with van der Waals surface area (Å²) in [6, 6.07) is 10.5. The van der Waals surface area contributed by atoms with Crippen molar-refractivity contribution in [2.75, 3.05) is 0 Å². The summed E-state index contributed by atoms with van der Waals surface area (Å²) in [5.41, 5.74) is 0. The van der Waals surface area contributed by atoms with Gasteiger partial charge in [-0.15, -0.1) is 18.3 Å². The van der Waals surface area contributed by atoms with Crippen LogP contribution < -0.4 is 0 Å². The van der Waals surface area contributed by atoms with Crippen molar-refractivity contribution in [1.29, 1.82) is 0 Å². The fourth-order valence-electron chi connectivity index (χ4n) is 1.45. The average Bonchev–Trinajstić information content (AvgIpc) is 2.28. The lowest BCUT2D eigenvalue weighted by Crippen LogP contribution is -2.18. The van der Waals surface area contributed by atoms with Crippen molar-refractivity contribution in [2.45, 2.75) is 36.3 Å². The van der Waals surface area contributed by atoms with Crippen LogP contribution in [0.1, 0.15) is 26.7 Å². The smallest absolute Gasteiger partial charge is 0.0378 e. The van der Waals surface area contributed by atoms with Gasteiger partial charge in [-0.1, -0.05) is 38.1 Å². The van der Waals surface area contributed by atoms with Crippen molar-refractivity contribution in [3.05, 3.63) is 43.0 Å². The quantitative estimate of drug-likeness (QED) is 0.504. The van der Waals surface area contributed by atoms with Crippen LogP contribution in [0, 0.1) is 0 Å². The molecular weight excluding hydrogens is 188 g/mol. The molecule has 0 fully saturated rings. The second-order valence-corrected chi connectivity index (χ2v) is 4.88. The summed E-state index contributed by atoms with van der Waals surface area (Å²) < 4.78 is 0.210. The zero-order valence-corrected chi connectivity index (χ0v) is 9.81. The summed E-state index contributed by atoms with van der Waals surface area (Å²) in [4.78, 5) is 1.33. The van der Waals surface area contributed by atoms with Gasteiger partial charge in [0.1, 0.15) is 0 Å². The van der Waals surface area contributed by atoms with Crippen LogP contribution in [0.25, 0.3) is 0 Å². The molecule has 76 valence electrons. The van der Waals surface area contributed by atoms with Gasteiger partial charge in [-0.25, -0.2) is 0 Å². The zero-order valence-electron chi connectivity index (χ0n) is 8.99. The van der Waals surface area contributed by atoms with E-state index in [0.717, 1.165) is 12.8 Å². The summed E-state index contributed by atoms with van der Waals surface area (Å²) in [7, 11) is 0. The maximum absolute atomic E-state index is 3.95. The van der Waals surface area contributed by atoms with Gasteiger partial charge in [-0.05, 0) is 25.0 Å². The Bertz CT molecular complexity index is 273. The van der Waals surface area contributed by atoms with Gasteiger partial charge in [0, 0.05) is 9.64 Å². The summed E-state index contributed by atoms with van der Waals surface area (Å²) >= 11 is 1.92. The van der Waals surface area contributed by atoms with Gasteiger partial charge in [0.2, 0.25) is 0 Å². The Morgan fingerprint density at radius 3 is 2.21 bits per heavy atom. The Kier molecular flexibility index (Phi) is 4.27. The van der Waals surface area contributed by atoms with Crippen LogP contribution >= 0.6 is 11.8 Å². The molecule has 1 aromatic rings. The number of thioether (sulfide) groups is 1. The van der Waals surface area contributed by atoms with E-state index in [9.17, 15) is 0 Å². The highest BCUT2D eigenvalue weighted by Crippen LogP contribution is 2.38. The van der Waals surface area contributed by atoms with E-state index in [1.165, 1.54) is 4.90 Å². The summed E-state index contributed by atoms with van der Waals surface area (Å²) in [6.07, 6.45) is 4.35. The van der Waals surface area contributed by atoms with E-state index in [-0.39, 0.29) is 4.75 Å². The maximum Gasteiger partial charge on any atom is 0.0378 e. The van der Waals surface area contributed by atoms with Crippen LogP contribution in [-0.2, 0) is 0 Å². The van der Waals surface area contributed by atoms with Gasteiger partial charge in [-0.2, -0.15) is 0 Å². The SMILES string of the molecule is C=CC(CC)(CC)Sc1ccccc1. The van der Waals surface area contributed by atoms with Crippen molar-refractivity contribution >= 4 is 11.8 Å². The molecule has 1 rings (SSSR count). The molecule has 0 aromatic heterocycles. The van der Waals surface area contributed by atoms with E-state index in [4.69, 9.17) is 0 Å². The monoisotopic (exact) mass is 206 g/mol. The van der Waals surface area contributed by atoms with Crippen LogP contribution in [0.5, 0.6) is 0 Å². The van der Waals surface area contributed by atoms with E-state index < -0.39 is 0 Å². The van der Waals surface area contributed by atoms with E-state index >= 15 is 0 Å². The first-order chi connectivity index (χ1) is 6.76. The highest BCUT2D eigenvalue weighted by Gasteiger charge is 2.22. The van der Waals surface area contributed by atoms with Gasteiger partial charge in [0.15, 0.2) is 0 Å². The molecule has 0 unspecified atom stereocenters. The molecule has 0 saturated heterocycles. The van der Waals surface area contributed by atoms with Crippen LogP contribution in [0.4, 0.5) is 0 Å². The Balaban J connectivity index is 2.79. The van der Waals surface area contributed by atoms with Gasteiger partial charge >= 0.3 is 0 Å². The number of benzene rings is 1. The van der Waals surface area contributed by atoms with Crippen molar-refractivity contribution in [2.24, 2.45) is 0 Å². The highest BCUT2D eigenvalue weighted by molar-refractivity contribution is 8.00. The first-order valence-electron chi connectivity index (χ1n) is 5.14. The molecule has 0 radical (unpaired) electrons. The predicted molar refractivity (Wildman–Crippen MR) is 65.8 cm³/mol. The average molecular weight is 206 g/mol. The Hall–Kier alpha value is -0.690. The van der Waals surface area contributed by atoms with E-state index in [2.05, 4.69) is 56.8 Å². The summed E-state index contributed by atoms with van der Waals surface area (Å²) in [6.45, 7) is 8.40. The first kappa shape index (κ1) is 11.4. The molecule has 14 heavy (non-hydrogen) atoms. The zero-order chi connectivity index (χ0) is 10.4.